The fourth-order valence-corrected chi connectivity index (χ4v) is 15.7. The molecule has 112 heavy (non-hydrogen) atoms. The van der Waals surface area contributed by atoms with Crippen molar-refractivity contribution in [2.45, 2.75) is 226 Å². The van der Waals surface area contributed by atoms with Crippen LogP contribution < -0.4 is 20.4 Å². The number of aromatic nitrogens is 4. The van der Waals surface area contributed by atoms with Crippen molar-refractivity contribution < 1.29 is 98.2 Å². The monoisotopic (exact) mass is 1570 g/mol. The van der Waals surface area contributed by atoms with Crippen molar-refractivity contribution in [1.29, 1.82) is 0 Å². The molecule has 26 nitrogen and oxygen atoms in total. The molecule has 0 saturated carbocycles. The number of esters is 4. The summed E-state index contributed by atoms with van der Waals surface area (Å²) in [7, 11) is 5.21. The molecule has 610 valence electrons. The first-order chi connectivity index (χ1) is 52.9. The van der Waals surface area contributed by atoms with Crippen LogP contribution in [0, 0.1) is 52.8 Å². The predicted octanol–water partition coefficient (Wildman–Crippen LogP) is 13.4. The Kier molecular flexibility index (Phi) is 26.9. The number of ether oxygens (including phenoxy) is 8. The van der Waals surface area contributed by atoms with Crippen LogP contribution in [0.5, 0.6) is 0 Å². The molecule has 4 aromatic carbocycles. The van der Waals surface area contributed by atoms with Gasteiger partial charge in [-0.3, -0.25) is 28.3 Å². The Morgan fingerprint density at radius 3 is 1.28 bits per heavy atom. The maximum absolute atomic E-state index is 18.3. The van der Waals surface area contributed by atoms with Crippen molar-refractivity contribution in [3.63, 3.8) is 0 Å². The van der Waals surface area contributed by atoms with Crippen LogP contribution in [0.4, 0.5) is 42.9 Å². The van der Waals surface area contributed by atoms with Gasteiger partial charge >= 0.3 is 36.1 Å². The van der Waals surface area contributed by atoms with Crippen LogP contribution in [-0.2, 0) is 80.1 Å². The number of alkyl carbamates (subject to hydrolysis) is 2. The van der Waals surface area contributed by atoms with Gasteiger partial charge < -0.3 is 68.1 Å². The molecular formula is C81H105F5N10O16. The van der Waals surface area contributed by atoms with Gasteiger partial charge in [0.05, 0.1) is 97.3 Å². The lowest BCUT2D eigenvalue weighted by Gasteiger charge is -2.36. The zero-order chi connectivity index (χ0) is 81.7. The van der Waals surface area contributed by atoms with Crippen LogP contribution in [0.15, 0.2) is 60.7 Å². The lowest BCUT2D eigenvalue weighted by molar-refractivity contribution is -0.152. The van der Waals surface area contributed by atoms with E-state index in [1.165, 1.54) is 74.0 Å². The normalized spacial score (nSPS) is 19.4. The maximum Gasteiger partial charge on any atom is 0.408 e. The fraction of sp³-hybridized carbons (Fsp3) is 0.580. The first-order valence-electron chi connectivity index (χ1n) is 38.2. The van der Waals surface area contributed by atoms with Gasteiger partial charge in [-0.05, 0) is 166 Å². The molecule has 10 atom stereocenters. The van der Waals surface area contributed by atoms with Gasteiger partial charge in [0, 0.05) is 69.3 Å². The standard InChI is InChI=1S/C81H105F5N10O16/c1-43(2)69(89-78(103)111-80(7,8)9)76(101)109-41-94-65-39-55(83)53(35-59(65)87-72(94)63-19-17-29-92(63)74(99)51(45(5)105-13)37-67(97)107-15)61-25-26-62(96(61)50-33-57(85)71(58(86)34-50)91-31-27-48(28-32-91)47-21-23-49(82)24-22-47)54-36-60-66(40-56(54)84)95(42-110-77(102)70(44(3)4)90-79(104)112-81(10,11)12)73(88-60)64-20-18-30-93(64)75(100)52(46(6)106-14)38-68(98)108-16/h21-24,33-36,39-40,43-46,48,51-52,61-64,69-70H,17-20,25-32,37-38,41-42H2,1-16H3,(H,89,103)(H,90,104)/t45-,46-,51+,52+,61-,62?,63+,64+,69+,70+/m1/s1. The third-order valence-electron chi connectivity index (χ3n) is 21.6. The minimum Gasteiger partial charge on any atom is -0.469 e. The number of methoxy groups -OCH3 is 4. The Hall–Kier alpha value is -9.65. The number of rotatable bonds is 27. The van der Waals surface area contributed by atoms with E-state index >= 15 is 17.6 Å². The highest BCUT2D eigenvalue weighted by Crippen LogP contribution is 2.51. The molecule has 6 aromatic rings. The van der Waals surface area contributed by atoms with Crippen LogP contribution in [0.2, 0.25) is 0 Å². The van der Waals surface area contributed by atoms with Crippen LogP contribution in [-0.4, -0.2) is 167 Å². The number of halogens is 5. The molecule has 2 N–H and O–H groups in total. The Morgan fingerprint density at radius 2 is 0.911 bits per heavy atom. The molecule has 10 rings (SSSR count). The van der Waals surface area contributed by atoms with E-state index in [1.807, 2.05) is 0 Å². The highest BCUT2D eigenvalue weighted by molar-refractivity contribution is 5.87. The summed E-state index contributed by atoms with van der Waals surface area (Å²) in [5.41, 5.74) is -1.13. The van der Waals surface area contributed by atoms with Gasteiger partial charge in [-0.25, -0.2) is 51.1 Å². The lowest BCUT2D eigenvalue weighted by Crippen LogP contribution is -2.47. The van der Waals surface area contributed by atoms with Crippen LogP contribution in [0.3, 0.4) is 0 Å². The number of carbonyl (C=O) groups is 8. The van der Waals surface area contributed by atoms with Gasteiger partial charge in [-0.15, -0.1) is 0 Å². The van der Waals surface area contributed by atoms with Crippen molar-refractivity contribution in [2.75, 3.05) is 64.4 Å². The summed E-state index contributed by atoms with van der Waals surface area (Å²) in [5.74, 6) is -11.0. The molecule has 0 bridgehead atoms. The smallest absolute Gasteiger partial charge is 0.408 e. The van der Waals surface area contributed by atoms with Crippen molar-refractivity contribution in [3.05, 3.63) is 118 Å². The second-order valence-corrected chi connectivity index (χ2v) is 32.1. The zero-order valence-corrected chi connectivity index (χ0v) is 66.6. The summed E-state index contributed by atoms with van der Waals surface area (Å²) in [5, 5.41) is 5.19. The topological polar surface area (TPSA) is 283 Å². The van der Waals surface area contributed by atoms with Gasteiger partial charge in [0.15, 0.2) is 25.1 Å². The van der Waals surface area contributed by atoms with E-state index in [2.05, 4.69) is 10.6 Å². The molecule has 4 fully saturated rings. The lowest BCUT2D eigenvalue weighted by atomic mass is 9.89. The quantitative estimate of drug-likeness (QED) is 0.0275. The van der Waals surface area contributed by atoms with Crippen molar-refractivity contribution in [3.8, 4) is 0 Å². The molecule has 4 saturated heterocycles. The SMILES string of the molecule is COC(=O)C[C@H](C(=O)N1CCC[C@H]1c1nc2cc(C3CC[C@H](c4cc5nc([C@@H]6CCCN6C(=O)[C@@H](CC(=O)OC)[C@@H](C)OC)n(COC(=O)[C@@H](NC(=O)OC(C)(C)C)C(C)C)c5cc4F)N3c3cc(F)c(N4CCC(c5ccc(F)cc5)CC4)c(F)c3)c(F)cc2n1COC(=O)[C@@H](NC(=O)OC(C)(C)C)C(C)C)[C@@H](C)OC. The number of hydrogen-bond acceptors (Lipinski definition) is 20. The average molecular weight is 1570 g/mol. The Bertz CT molecular complexity index is 4200. The highest BCUT2D eigenvalue weighted by Gasteiger charge is 2.45. The molecule has 6 heterocycles. The molecule has 0 spiro atoms. The Balaban J connectivity index is 1.11. The van der Waals surface area contributed by atoms with Crippen LogP contribution in [0.1, 0.15) is 206 Å². The summed E-state index contributed by atoms with van der Waals surface area (Å²) in [6.07, 6.45) is -1.53. The number of imidazole rings is 2. The molecule has 4 aliphatic heterocycles. The van der Waals surface area contributed by atoms with Gasteiger partial charge in [-0.2, -0.15) is 0 Å². The first-order valence-corrected chi connectivity index (χ1v) is 38.2. The van der Waals surface area contributed by atoms with Gasteiger partial charge in [0.2, 0.25) is 11.8 Å². The van der Waals surface area contributed by atoms with Gasteiger partial charge in [-0.1, -0.05) is 39.8 Å². The summed E-state index contributed by atoms with van der Waals surface area (Å²) in [6, 6.07) is 7.03. The Morgan fingerprint density at radius 1 is 0.509 bits per heavy atom. The van der Waals surface area contributed by atoms with Crippen LogP contribution in [0.25, 0.3) is 22.1 Å². The van der Waals surface area contributed by atoms with Crippen molar-refractivity contribution in [2.24, 2.45) is 23.7 Å². The van der Waals surface area contributed by atoms with E-state index in [9.17, 15) is 42.7 Å². The fourth-order valence-electron chi connectivity index (χ4n) is 15.7. The summed E-state index contributed by atoms with van der Waals surface area (Å²) in [6.45, 7) is 19.6. The Labute approximate surface area is 648 Å². The number of likely N-dealkylation sites (tertiary alicyclic amines) is 2. The number of nitrogens with one attached hydrogen (secondary N) is 2. The van der Waals surface area contributed by atoms with Gasteiger partial charge in [0.1, 0.15) is 58.1 Å². The number of fused-ring (bicyclic) bond motifs is 2. The molecule has 4 amide bonds. The summed E-state index contributed by atoms with van der Waals surface area (Å²) in [4.78, 5) is 127. The van der Waals surface area contributed by atoms with E-state index in [0.29, 0.717) is 38.5 Å². The first kappa shape index (κ1) is 84.8. The zero-order valence-electron chi connectivity index (χ0n) is 66.6. The molecule has 4 aliphatic rings. The van der Waals surface area contributed by atoms with E-state index in [0.717, 1.165) is 17.7 Å². The predicted molar refractivity (Wildman–Crippen MR) is 402 cm³/mol. The number of piperidine rings is 1. The van der Waals surface area contributed by atoms with Gasteiger partial charge in [0.25, 0.3) is 0 Å². The molecule has 0 aliphatic carbocycles. The number of benzene rings is 4. The second kappa shape index (κ2) is 35.6. The maximum atomic E-state index is 18.3. The molecule has 0 radical (unpaired) electrons. The van der Waals surface area contributed by atoms with E-state index in [1.54, 1.807) is 115 Å². The summed E-state index contributed by atoms with van der Waals surface area (Å²) < 4.78 is 133. The third-order valence-corrected chi connectivity index (χ3v) is 21.6. The molecular weight excluding hydrogens is 1460 g/mol. The number of carbonyl (C=O) groups excluding carboxylic acids is 8. The summed E-state index contributed by atoms with van der Waals surface area (Å²) >= 11 is 0. The number of nitrogens with zero attached hydrogens (tertiary/aromatic N) is 8. The second-order valence-electron chi connectivity index (χ2n) is 32.1. The molecule has 1 unspecified atom stereocenters. The largest absolute Gasteiger partial charge is 0.469 e. The van der Waals surface area contributed by atoms with Crippen molar-refractivity contribution >= 4 is 81.3 Å². The minimum absolute atomic E-state index is 0.0127. The number of amides is 4. The van der Waals surface area contributed by atoms with E-state index in [-0.39, 0.29) is 114 Å². The average Bonchev–Trinajstić information content (AvgIpc) is 1.58. The highest BCUT2D eigenvalue weighted by atomic mass is 19.1. The molecule has 2 aromatic heterocycles. The molecule has 31 heteroatoms. The van der Waals surface area contributed by atoms with Crippen molar-refractivity contribution in [1.82, 2.24) is 39.5 Å². The van der Waals surface area contributed by atoms with Crippen LogP contribution >= 0.6 is 0 Å². The van der Waals surface area contributed by atoms with E-state index in [4.69, 9.17) is 47.9 Å². The van der Waals surface area contributed by atoms with E-state index < -0.39 is 174 Å². The third kappa shape index (κ3) is 19.2. The minimum atomic E-state index is -1.25. The number of hydrogen-bond donors (Lipinski definition) is 2. The number of anilines is 2.